The Hall–Kier alpha value is -4.50. The van der Waals surface area contributed by atoms with Crippen molar-refractivity contribution in [2.75, 3.05) is 11.4 Å². The number of aromatic hydroxyl groups is 2. The molecule has 6 atom stereocenters. The van der Waals surface area contributed by atoms with Gasteiger partial charge in [-0.25, -0.2) is 9.29 Å². The molecule has 3 fully saturated rings. The van der Waals surface area contributed by atoms with Crippen molar-refractivity contribution in [3.63, 3.8) is 0 Å². The van der Waals surface area contributed by atoms with Crippen molar-refractivity contribution >= 4 is 40.9 Å². The van der Waals surface area contributed by atoms with Gasteiger partial charge in [-0.15, -0.1) is 0 Å². The van der Waals surface area contributed by atoms with Gasteiger partial charge in [0.2, 0.25) is 23.6 Å². The zero-order chi connectivity index (χ0) is 31.8. The molecule has 3 aromatic rings. The minimum Gasteiger partial charge on any atom is -0.508 e. The number of likely N-dealkylation sites (tertiary alicyclic amines) is 1. The van der Waals surface area contributed by atoms with Crippen LogP contribution in [0.5, 0.6) is 11.5 Å². The lowest BCUT2D eigenvalue weighted by Crippen LogP contribution is -2.48. The molecule has 4 aliphatic rings. The van der Waals surface area contributed by atoms with Crippen LogP contribution in [0.3, 0.4) is 0 Å². The first kappa shape index (κ1) is 29.2. The summed E-state index contributed by atoms with van der Waals surface area (Å²) in [6.07, 6.45) is 2.80. The highest BCUT2D eigenvalue weighted by atomic mass is 35.5. The van der Waals surface area contributed by atoms with Gasteiger partial charge in [-0.3, -0.25) is 24.1 Å². The first-order chi connectivity index (χ1) is 21.5. The third kappa shape index (κ3) is 4.31. The SMILES string of the molecule is CC12C(=O)N(c3ccc(F)c(Cl)c3)C(=O)C1CC1C(=CCC3C(=O)N(CCc4ccc(O)cc4)C(=O)C31)C2c1ccccc1O. The average molecular weight is 629 g/mol. The molecular weight excluding hydrogens is 599 g/mol. The van der Waals surface area contributed by atoms with E-state index in [1.807, 2.05) is 6.08 Å². The Morgan fingerprint density at radius 3 is 2.38 bits per heavy atom. The maximum atomic E-state index is 14.4. The number of amides is 4. The Bertz CT molecular complexity index is 1810. The second kappa shape index (κ2) is 10.5. The highest BCUT2D eigenvalue weighted by Crippen LogP contribution is 2.64. The van der Waals surface area contributed by atoms with Crippen molar-refractivity contribution in [2.45, 2.75) is 32.1 Å². The van der Waals surface area contributed by atoms with Crippen LogP contribution in [-0.4, -0.2) is 45.3 Å². The Kier molecular flexibility index (Phi) is 6.85. The molecule has 6 unspecified atom stereocenters. The summed E-state index contributed by atoms with van der Waals surface area (Å²) in [5, 5.41) is 20.4. The molecule has 2 aliphatic heterocycles. The molecule has 4 amide bonds. The summed E-state index contributed by atoms with van der Waals surface area (Å²) in [5.74, 6) is -5.63. The van der Waals surface area contributed by atoms with Gasteiger partial charge in [0.25, 0.3) is 0 Å². The Balaban J connectivity index is 1.29. The van der Waals surface area contributed by atoms with Crippen LogP contribution in [0.25, 0.3) is 0 Å². The van der Waals surface area contributed by atoms with Crippen LogP contribution >= 0.6 is 11.6 Å². The van der Waals surface area contributed by atoms with Crippen LogP contribution in [-0.2, 0) is 25.6 Å². The van der Waals surface area contributed by atoms with Crippen molar-refractivity contribution in [1.29, 1.82) is 0 Å². The molecule has 7 rings (SSSR count). The molecular formula is C35H30ClFN2O6. The van der Waals surface area contributed by atoms with E-state index in [0.29, 0.717) is 18.4 Å². The van der Waals surface area contributed by atoms with Crippen molar-refractivity contribution < 1.29 is 33.8 Å². The summed E-state index contributed by atoms with van der Waals surface area (Å²) in [5.41, 5.74) is 0.895. The fraction of sp³-hybridized carbons (Fsp3) is 0.314. The Morgan fingerprint density at radius 1 is 0.933 bits per heavy atom. The van der Waals surface area contributed by atoms with Gasteiger partial charge >= 0.3 is 0 Å². The largest absolute Gasteiger partial charge is 0.508 e. The molecule has 0 spiro atoms. The van der Waals surface area contributed by atoms with Gasteiger partial charge < -0.3 is 10.2 Å². The molecule has 0 radical (unpaired) electrons. The van der Waals surface area contributed by atoms with Crippen LogP contribution in [0.15, 0.2) is 78.4 Å². The summed E-state index contributed by atoms with van der Waals surface area (Å²) in [4.78, 5) is 58.6. The second-order valence-electron chi connectivity index (χ2n) is 12.6. The third-order valence-corrected chi connectivity index (χ3v) is 10.6. The maximum absolute atomic E-state index is 14.4. The van der Waals surface area contributed by atoms with E-state index in [-0.39, 0.29) is 47.0 Å². The maximum Gasteiger partial charge on any atom is 0.241 e. The summed E-state index contributed by atoms with van der Waals surface area (Å²) >= 11 is 6.04. The summed E-state index contributed by atoms with van der Waals surface area (Å²) in [6.45, 7) is 1.90. The number of hydrogen-bond acceptors (Lipinski definition) is 6. The number of allylic oxidation sites excluding steroid dienone is 2. The van der Waals surface area contributed by atoms with Crippen molar-refractivity contribution in [3.05, 3.63) is 100 Å². The van der Waals surface area contributed by atoms with Gasteiger partial charge in [-0.05, 0) is 74.1 Å². The smallest absolute Gasteiger partial charge is 0.241 e. The summed E-state index contributed by atoms with van der Waals surface area (Å²) in [6, 6.07) is 16.9. The Labute approximate surface area is 263 Å². The lowest BCUT2D eigenvalue weighted by atomic mass is 9.51. The number of rotatable bonds is 5. The van der Waals surface area contributed by atoms with E-state index in [0.717, 1.165) is 22.1 Å². The summed E-state index contributed by atoms with van der Waals surface area (Å²) < 4.78 is 14.0. The molecule has 2 heterocycles. The molecule has 230 valence electrons. The van der Waals surface area contributed by atoms with Crippen LogP contribution in [0.4, 0.5) is 10.1 Å². The molecule has 45 heavy (non-hydrogen) atoms. The van der Waals surface area contributed by atoms with E-state index in [9.17, 15) is 33.8 Å². The van der Waals surface area contributed by atoms with E-state index in [1.165, 1.54) is 23.1 Å². The molecule has 0 bridgehead atoms. The normalized spacial score (nSPS) is 29.0. The fourth-order valence-corrected chi connectivity index (χ4v) is 8.33. The molecule has 1 saturated carbocycles. The van der Waals surface area contributed by atoms with Crippen molar-refractivity contribution in [2.24, 2.45) is 29.1 Å². The molecule has 10 heteroatoms. The predicted octanol–water partition coefficient (Wildman–Crippen LogP) is 5.36. The number of hydrogen-bond donors (Lipinski definition) is 2. The monoisotopic (exact) mass is 628 g/mol. The van der Waals surface area contributed by atoms with E-state index in [4.69, 9.17) is 11.6 Å². The van der Waals surface area contributed by atoms with E-state index >= 15 is 0 Å². The number of carbonyl (C=O) groups excluding carboxylic acids is 4. The minimum atomic E-state index is -1.34. The highest BCUT2D eigenvalue weighted by Gasteiger charge is 2.67. The number of carbonyl (C=O) groups is 4. The summed E-state index contributed by atoms with van der Waals surface area (Å²) in [7, 11) is 0. The van der Waals surface area contributed by atoms with Crippen LogP contribution < -0.4 is 4.90 Å². The molecule has 0 aromatic heterocycles. The lowest BCUT2D eigenvalue weighted by Gasteiger charge is -2.49. The molecule has 2 saturated heterocycles. The number of anilines is 1. The number of imide groups is 2. The van der Waals surface area contributed by atoms with Crippen LogP contribution in [0.1, 0.15) is 36.8 Å². The van der Waals surface area contributed by atoms with Gasteiger partial charge in [0.1, 0.15) is 17.3 Å². The number of phenols is 2. The van der Waals surface area contributed by atoms with Gasteiger partial charge in [0, 0.05) is 18.0 Å². The lowest BCUT2D eigenvalue weighted by molar-refractivity contribution is -0.140. The number of benzene rings is 3. The van der Waals surface area contributed by atoms with Gasteiger partial charge in [0.05, 0.1) is 33.9 Å². The van der Waals surface area contributed by atoms with Crippen molar-refractivity contribution in [1.82, 2.24) is 4.90 Å². The number of halogens is 2. The first-order valence-corrected chi connectivity index (χ1v) is 15.3. The topological polar surface area (TPSA) is 115 Å². The Morgan fingerprint density at radius 2 is 1.67 bits per heavy atom. The molecule has 8 nitrogen and oxygen atoms in total. The quantitative estimate of drug-likeness (QED) is 0.290. The van der Waals surface area contributed by atoms with Crippen LogP contribution in [0.2, 0.25) is 5.02 Å². The highest BCUT2D eigenvalue weighted by molar-refractivity contribution is 6.31. The van der Waals surface area contributed by atoms with Crippen LogP contribution in [0, 0.1) is 34.9 Å². The molecule has 3 aromatic carbocycles. The van der Waals surface area contributed by atoms with E-state index < -0.39 is 52.6 Å². The fourth-order valence-electron chi connectivity index (χ4n) is 8.15. The first-order valence-electron chi connectivity index (χ1n) is 15.0. The number of fused-ring (bicyclic) bond motifs is 4. The van der Waals surface area contributed by atoms with Crippen molar-refractivity contribution in [3.8, 4) is 11.5 Å². The number of nitrogens with zero attached hydrogens (tertiary/aromatic N) is 2. The minimum absolute atomic E-state index is 0.0426. The van der Waals surface area contributed by atoms with Gasteiger partial charge in [-0.1, -0.05) is 53.6 Å². The zero-order valence-corrected chi connectivity index (χ0v) is 25.1. The van der Waals surface area contributed by atoms with Gasteiger partial charge in [0.15, 0.2) is 0 Å². The third-order valence-electron chi connectivity index (χ3n) is 10.3. The molecule has 2 N–H and O–H groups in total. The zero-order valence-electron chi connectivity index (χ0n) is 24.3. The number of para-hydroxylation sites is 1. The molecule has 2 aliphatic carbocycles. The number of phenolic OH excluding ortho intramolecular Hbond substituents is 2. The standard InChI is InChI=1S/C35H30ClFN2O6/c1-35-25(32(43)39(34(35)45)19-8-13-27(37)26(36)16-19)17-24-21(30(35)22-4-2-3-5-28(22)41)11-12-23-29(24)33(44)38(31(23)42)15-14-18-6-9-20(40)10-7-18/h2-11,13,16,23-25,29-30,40-41H,12,14-15,17H2,1H3. The van der Waals surface area contributed by atoms with Gasteiger partial charge in [-0.2, -0.15) is 0 Å². The average Bonchev–Trinajstić information content (AvgIpc) is 3.38. The second-order valence-corrected chi connectivity index (χ2v) is 13.0. The van der Waals surface area contributed by atoms with E-state index in [2.05, 4.69) is 0 Å². The predicted molar refractivity (Wildman–Crippen MR) is 163 cm³/mol. The van der Waals surface area contributed by atoms with E-state index in [1.54, 1.807) is 49.4 Å².